The van der Waals surface area contributed by atoms with Gasteiger partial charge >= 0.3 is 0 Å². The van der Waals surface area contributed by atoms with Gasteiger partial charge in [0.1, 0.15) is 0 Å². The third-order valence-corrected chi connectivity index (χ3v) is 7.37. The number of amides is 1. The average Bonchev–Trinajstić information content (AvgIpc) is 2.79. The normalized spacial score (nSPS) is 15.2. The van der Waals surface area contributed by atoms with Gasteiger partial charge in [-0.05, 0) is 22.4 Å². The Kier molecular flexibility index (Phi) is 5.71. The van der Waals surface area contributed by atoms with E-state index in [1.54, 1.807) is 4.90 Å². The second kappa shape index (κ2) is 8.44. The number of nitro groups is 1. The number of rotatable bonds is 5. The second-order valence-corrected chi connectivity index (χ2v) is 9.29. The van der Waals surface area contributed by atoms with Gasteiger partial charge in [-0.1, -0.05) is 48.5 Å². The van der Waals surface area contributed by atoms with E-state index in [0.29, 0.717) is 0 Å². The molecular weight excluding hydrogens is 418 g/mol. The number of nitro benzene ring substituents is 1. The van der Waals surface area contributed by atoms with Crippen molar-refractivity contribution in [1.82, 2.24) is 9.21 Å². The van der Waals surface area contributed by atoms with Crippen molar-refractivity contribution in [2.24, 2.45) is 0 Å². The van der Waals surface area contributed by atoms with Crippen molar-refractivity contribution in [3.8, 4) is 0 Å². The highest BCUT2D eigenvalue weighted by atomic mass is 32.2. The van der Waals surface area contributed by atoms with E-state index >= 15 is 0 Å². The maximum atomic E-state index is 12.9. The van der Waals surface area contributed by atoms with E-state index in [2.05, 4.69) is 0 Å². The van der Waals surface area contributed by atoms with Crippen LogP contribution in [0.3, 0.4) is 0 Å². The van der Waals surface area contributed by atoms with Crippen LogP contribution >= 0.6 is 0 Å². The van der Waals surface area contributed by atoms with Gasteiger partial charge in [0.2, 0.25) is 15.9 Å². The number of non-ortho nitro benzene ring substituents is 1. The lowest BCUT2D eigenvalue weighted by atomic mass is 10.0. The first-order valence-electron chi connectivity index (χ1n) is 9.85. The second-order valence-electron chi connectivity index (χ2n) is 7.35. The maximum absolute atomic E-state index is 12.9. The highest BCUT2D eigenvalue weighted by Gasteiger charge is 2.31. The zero-order valence-electron chi connectivity index (χ0n) is 16.7. The van der Waals surface area contributed by atoms with Gasteiger partial charge in [-0.25, -0.2) is 8.42 Å². The van der Waals surface area contributed by atoms with Gasteiger partial charge in [0.05, 0.1) is 16.2 Å². The molecular formula is C22H21N3O5S. The summed E-state index contributed by atoms with van der Waals surface area (Å²) < 4.78 is 27.0. The number of piperazine rings is 1. The number of carbonyl (C=O) groups is 1. The van der Waals surface area contributed by atoms with Gasteiger partial charge in [-0.3, -0.25) is 14.9 Å². The number of hydrogen-bond donors (Lipinski definition) is 0. The molecule has 0 N–H and O–H groups in total. The van der Waals surface area contributed by atoms with Crippen LogP contribution in [-0.2, 0) is 21.2 Å². The van der Waals surface area contributed by atoms with Crippen molar-refractivity contribution < 1.29 is 18.1 Å². The van der Waals surface area contributed by atoms with E-state index in [0.717, 1.165) is 22.4 Å². The van der Waals surface area contributed by atoms with Crippen LogP contribution in [0.5, 0.6) is 0 Å². The van der Waals surface area contributed by atoms with Crippen molar-refractivity contribution in [2.75, 3.05) is 26.2 Å². The van der Waals surface area contributed by atoms with Crippen LogP contribution in [0.1, 0.15) is 5.56 Å². The molecule has 3 aromatic rings. The summed E-state index contributed by atoms with van der Waals surface area (Å²) in [4.78, 5) is 24.7. The Morgan fingerprint density at radius 3 is 2.35 bits per heavy atom. The lowest BCUT2D eigenvalue weighted by Gasteiger charge is -2.34. The first-order chi connectivity index (χ1) is 14.9. The number of nitrogens with zero attached hydrogens (tertiary/aromatic N) is 3. The Hall–Kier alpha value is -3.30. The fraction of sp³-hybridized carbons (Fsp3) is 0.227. The Morgan fingerprint density at radius 1 is 0.935 bits per heavy atom. The van der Waals surface area contributed by atoms with E-state index in [1.165, 1.54) is 22.5 Å². The van der Waals surface area contributed by atoms with Crippen molar-refractivity contribution in [3.05, 3.63) is 82.4 Å². The van der Waals surface area contributed by atoms with E-state index in [4.69, 9.17) is 0 Å². The van der Waals surface area contributed by atoms with Gasteiger partial charge in [-0.15, -0.1) is 0 Å². The molecule has 1 fully saturated rings. The van der Waals surface area contributed by atoms with Crippen molar-refractivity contribution in [1.29, 1.82) is 0 Å². The molecule has 31 heavy (non-hydrogen) atoms. The summed E-state index contributed by atoms with van der Waals surface area (Å²) in [7, 11) is -3.86. The molecule has 0 saturated carbocycles. The summed E-state index contributed by atoms with van der Waals surface area (Å²) in [6.07, 6.45) is 0.249. The number of carbonyl (C=O) groups excluding carboxylic acids is 1. The molecule has 0 bridgehead atoms. The predicted molar refractivity (Wildman–Crippen MR) is 116 cm³/mol. The summed E-state index contributed by atoms with van der Waals surface area (Å²) in [5.74, 6) is -0.0521. The Bertz CT molecular complexity index is 1250. The molecule has 3 aromatic carbocycles. The van der Waals surface area contributed by atoms with Crippen LogP contribution in [-0.4, -0.2) is 54.6 Å². The lowest BCUT2D eigenvalue weighted by molar-refractivity contribution is -0.385. The van der Waals surface area contributed by atoms with Crippen molar-refractivity contribution >= 4 is 32.4 Å². The predicted octanol–water partition coefficient (Wildman–Crippen LogP) is 2.82. The molecule has 0 aliphatic carbocycles. The molecule has 0 radical (unpaired) electrons. The van der Waals surface area contributed by atoms with Crippen LogP contribution in [0.2, 0.25) is 0 Å². The quantitative estimate of drug-likeness (QED) is 0.449. The summed E-state index contributed by atoms with van der Waals surface area (Å²) >= 11 is 0. The van der Waals surface area contributed by atoms with Crippen molar-refractivity contribution in [3.63, 3.8) is 0 Å². The summed E-state index contributed by atoms with van der Waals surface area (Å²) in [5.41, 5.74) is 0.666. The highest BCUT2D eigenvalue weighted by molar-refractivity contribution is 7.89. The third kappa shape index (κ3) is 4.28. The zero-order chi connectivity index (χ0) is 22.0. The van der Waals surface area contributed by atoms with E-state index < -0.39 is 14.9 Å². The van der Waals surface area contributed by atoms with Gasteiger partial charge in [0.15, 0.2) is 0 Å². The lowest BCUT2D eigenvalue weighted by Crippen LogP contribution is -2.50. The maximum Gasteiger partial charge on any atom is 0.270 e. The Balaban J connectivity index is 1.44. The SMILES string of the molecule is O=C(Cc1cccc2ccccc12)N1CCN(S(=O)(=O)c2cccc([N+](=O)[O-])c2)CC1. The smallest absolute Gasteiger partial charge is 0.270 e. The summed E-state index contributed by atoms with van der Waals surface area (Å²) in [5, 5.41) is 13.1. The number of hydrogen-bond acceptors (Lipinski definition) is 5. The number of benzene rings is 3. The van der Waals surface area contributed by atoms with Gasteiger partial charge in [0, 0.05) is 38.3 Å². The zero-order valence-corrected chi connectivity index (χ0v) is 17.5. The molecule has 160 valence electrons. The van der Waals surface area contributed by atoms with Crippen molar-refractivity contribution in [2.45, 2.75) is 11.3 Å². The molecule has 8 nitrogen and oxygen atoms in total. The largest absolute Gasteiger partial charge is 0.340 e. The molecule has 0 atom stereocenters. The fourth-order valence-corrected chi connectivity index (χ4v) is 5.27. The van der Waals surface area contributed by atoms with Crippen LogP contribution < -0.4 is 0 Å². The van der Waals surface area contributed by atoms with E-state index in [-0.39, 0.29) is 49.1 Å². The van der Waals surface area contributed by atoms with Crippen LogP contribution in [0.4, 0.5) is 5.69 Å². The minimum atomic E-state index is -3.86. The number of sulfonamides is 1. The standard InChI is InChI=1S/C22H21N3O5S/c26-22(15-18-7-3-6-17-5-1-2-10-21(17)18)23-11-13-24(14-12-23)31(29,30)20-9-4-8-19(16-20)25(27)28/h1-10,16H,11-15H2. The highest BCUT2D eigenvalue weighted by Crippen LogP contribution is 2.23. The Morgan fingerprint density at radius 2 is 1.61 bits per heavy atom. The average molecular weight is 439 g/mol. The molecule has 1 heterocycles. The van der Waals surface area contributed by atoms with E-state index in [1.807, 2.05) is 42.5 Å². The van der Waals surface area contributed by atoms with Crippen LogP contribution in [0, 0.1) is 10.1 Å². The third-order valence-electron chi connectivity index (χ3n) is 5.48. The minimum absolute atomic E-state index is 0.0521. The molecule has 4 rings (SSSR count). The number of fused-ring (bicyclic) bond motifs is 1. The van der Waals surface area contributed by atoms with E-state index in [9.17, 15) is 23.3 Å². The molecule has 1 saturated heterocycles. The molecule has 1 aliphatic heterocycles. The molecule has 0 aromatic heterocycles. The Labute approximate surface area is 179 Å². The molecule has 1 aliphatic rings. The first kappa shape index (κ1) is 21.0. The van der Waals surface area contributed by atoms with Crippen LogP contribution in [0.15, 0.2) is 71.6 Å². The van der Waals surface area contributed by atoms with Gasteiger partial charge in [0.25, 0.3) is 5.69 Å². The molecule has 0 spiro atoms. The van der Waals surface area contributed by atoms with Gasteiger partial charge < -0.3 is 4.90 Å². The molecule has 0 unspecified atom stereocenters. The summed E-state index contributed by atoms with van der Waals surface area (Å²) in [6.45, 7) is 0.841. The minimum Gasteiger partial charge on any atom is -0.340 e. The van der Waals surface area contributed by atoms with Gasteiger partial charge in [-0.2, -0.15) is 4.31 Å². The first-order valence-corrected chi connectivity index (χ1v) is 11.3. The molecule has 1 amide bonds. The summed E-state index contributed by atoms with van der Waals surface area (Å²) in [6, 6.07) is 18.8. The monoisotopic (exact) mass is 439 g/mol. The topological polar surface area (TPSA) is 101 Å². The fourth-order valence-electron chi connectivity index (χ4n) is 3.81. The molecule has 9 heteroatoms. The van der Waals surface area contributed by atoms with Crippen LogP contribution in [0.25, 0.3) is 10.8 Å².